The molecule has 0 saturated heterocycles. The van der Waals surface area contributed by atoms with Gasteiger partial charge in [-0.1, -0.05) is 97.1 Å². The smallest absolute Gasteiger partial charge is 0.231 e. The van der Waals surface area contributed by atoms with Crippen LogP contribution < -0.4 is 0 Å². The number of nitrogens with zero attached hydrogens (tertiary/aromatic N) is 4. The van der Waals surface area contributed by atoms with Crippen molar-refractivity contribution in [3.8, 4) is 45.6 Å². The largest absolute Gasteiger partial charge is 0.454 e. The molecule has 10 aromatic rings. The Hall–Kier alpha value is -6.18. The van der Waals surface area contributed by atoms with Crippen molar-refractivity contribution < 1.29 is 8.83 Å². The summed E-state index contributed by atoms with van der Waals surface area (Å²) in [5.41, 5.74) is 6.39. The lowest BCUT2D eigenvalue weighted by molar-refractivity contribution is 0.615. The number of benzene rings is 6. The highest BCUT2D eigenvalue weighted by molar-refractivity contribution is 7.25. The normalized spacial score (nSPS) is 11.8. The Morgan fingerprint density at radius 2 is 1.04 bits per heavy atom. The molecule has 0 radical (unpaired) electrons. The first-order valence-electron chi connectivity index (χ1n) is 15.3. The zero-order chi connectivity index (χ0) is 30.9. The average Bonchev–Trinajstić information content (AvgIpc) is 3.85. The topological polar surface area (TPSA) is 77.8 Å². The summed E-state index contributed by atoms with van der Waals surface area (Å²) in [4.78, 5) is 20.0. The summed E-state index contributed by atoms with van der Waals surface area (Å²) < 4.78 is 15.3. The molecule has 0 aliphatic heterocycles. The molecule has 0 atom stereocenters. The van der Waals surface area contributed by atoms with Gasteiger partial charge >= 0.3 is 0 Å². The number of hydrogen-bond donors (Lipinski definition) is 0. The summed E-state index contributed by atoms with van der Waals surface area (Å²) in [6.07, 6.45) is 0. The maximum Gasteiger partial charge on any atom is 0.231 e. The SMILES string of the molecule is c1ccc(-c2nc(-c3cccc4c3oc3c(-c5nc6ccccc6o5)cccc34)nc(-c3cccc4sc5ccccc5c34)n2)cc1. The van der Waals surface area contributed by atoms with Gasteiger partial charge < -0.3 is 8.83 Å². The predicted octanol–water partition coefficient (Wildman–Crippen LogP) is 10.9. The van der Waals surface area contributed by atoms with Gasteiger partial charge in [-0.25, -0.2) is 19.9 Å². The molecule has 4 heterocycles. The van der Waals surface area contributed by atoms with Crippen LogP contribution in [-0.2, 0) is 0 Å². The van der Waals surface area contributed by atoms with Crippen molar-refractivity contribution in [1.82, 2.24) is 19.9 Å². The number of furan rings is 1. The lowest BCUT2D eigenvalue weighted by Gasteiger charge is -2.10. The van der Waals surface area contributed by atoms with E-state index in [-0.39, 0.29) is 0 Å². The summed E-state index contributed by atoms with van der Waals surface area (Å²) >= 11 is 1.78. The second-order valence-electron chi connectivity index (χ2n) is 11.4. The van der Waals surface area contributed by atoms with Crippen LogP contribution in [0.5, 0.6) is 0 Å². The fourth-order valence-electron chi connectivity index (χ4n) is 6.45. The van der Waals surface area contributed by atoms with Crippen LogP contribution in [0.4, 0.5) is 0 Å². The van der Waals surface area contributed by atoms with Gasteiger partial charge in [-0.3, -0.25) is 0 Å². The second-order valence-corrected chi connectivity index (χ2v) is 12.5. The van der Waals surface area contributed by atoms with Gasteiger partial charge in [0, 0.05) is 42.1 Å². The fourth-order valence-corrected chi connectivity index (χ4v) is 7.58. The van der Waals surface area contributed by atoms with Crippen LogP contribution in [0, 0.1) is 0 Å². The molecule has 0 spiro atoms. The van der Waals surface area contributed by atoms with Crippen molar-refractivity contribution >= 4 is 64.5 Å². The molecule has 6 nitrogen and oxygen atoms in total. The number of oxazole rings is 1. The molecule has 0 aliphatic carbocycles. The van der Waals surface area contributed by atoms with Gasteiger partial charge in [0.15, 0.2) is 23.1 Å². The summed E-state index contributed by atoms with van der Waals surface area (Å²) in [5.74, 6) is 2.27. The average molecular weight is 623 g/mol. The van der Waals surface area contributed by atoms with E-state index in [4.69, 9.17) is 28.8 Å². The molecule has 0 saturated carbocycles. The highest BCUT2D eigenvalue weighted by atomic mass is 32.1. The van der Waals surface area contributed by atoms with E-state index in [0.29, 0.717) is 34.5 Å². The van der Waals surface area contributed by atoms with Gasteiger partial charge in [-0.15, -0.1) is 11.3 Å². The van der Waals surface area contributed by atoms with Crippen LogP contribution in [-0.4, -0.2) is 19.9 Å². The van der Waals surface area contributed by atoms with E-state index in [0.717, 1.165) is 49.5 Å². The number of hydrogen-bond acceptors (Lipinski definition) is 7. The van der Waals surface area contributed by atoms with Gasteiger partial charge in [0.1, 0.15) is 16.7 Å². The molecule has 10 rings (SSSR count). The van der Waals surface area contributed by atoms with Crippen molar-refractivity contribution in [1.29, 1.82) is 0 Å². The number of aromatic nitrogens is 4. The van der Waals surface area contributed by atoms with Gasteiger partial charge in [-0.05, 0) is 36.4 Å². The van der Waals surface area contributed by atoms with Crippen molar-refractivity contribution in [2.75, 3.05) is 0 Å². The molecule has 0 amide bonds. The lowest BCUT2D eigenvalue weighted by Crippen LogP contribution is -2.00. The Bertz CT molecular complexity index is 2780. The Labute approximate surface area is 271 Å². The van der Waals surface area contributed by atoms with Crippen LogP contribution in [0.2, 0.25) is 0 Å². The minimum absolute atomic E-state index is 0.516. The van der Waals surface area contributed by atoms with E-state index in [1.54, 1.807) is 11.3 Å². The van der Waals surface area contributed by atoms with Gasteiger partial charge in [0.05, 0.1) is 11.1 Å². The maximum absolute atomic E-state index is 6.73. The highest BCUT2D eigenvalue weighted by Gasteiger charge is 2.22. The van der Waals surface area contributed by atoms with Crippen LogP contribution in [0.25, 0.3) is 98.8 Å². The van der Waals surface area contributed by atoms with Gasteiger partial charge in [-0.2, -0.15) is 0 Å². The molecule has 220 valence electrons. The van der Waals surface area contributed by atoms with Crippen LogP contribution in [0.3, 0.4) is 0 Å². The lowest BCUT2D eigenvalue weighted by atomic mass is 10.0. The second kappa shape index (κ2) is 10.2. The first-order valence-corrected chi connectivity index (χ1v) is 16.1. The maximum atomic E-state index is 6.73. The molecule has 0 aliphatic rings. The van der Waals surface area contributed by atoms with Gasteiger partial charge in [0.25, 0.3) is 0 Å². The standard InChI is InChI=1S/C40H22N4O2S/c1-2-11-23(12-3-1)37-42-38(27-16-10-22-33-34(27)26-13-4-7-21-32(26)47-33)44-39(43-37)28-17-8-14-24-25-15-9-18-29(36(25)46-35(24)28)40-41-30-19-5-6-20-31(30)45-40/h1-22H. The minimum atomic E-state index is 0.516. The summed E-state index contributed by atoms with van der Waals surface area (Å²) in [6.45, 7) is 0. The van der Waals surface area contributed by atoms with Crippen LogP contribution in [0.15, 0.2) is 142 Å². The Morgan fingerprint density at radius 1 is 0.426 bits per heavy atom. The van der Waals surface area contributed by atoms with E-state index in [1.807, 2.05) is 78.9 Å². The quantitative estimate of drug-likeness (QED) is 0.194. The Morgan fingerprint density at radius 3 is 1.89 bits per heavy atom. The minimum Gasteiger partial charge on any atom is -0.454 e. The number of thiophene rings is 1. The van der Waals surface area contributed by atoms with Crippen LogP contribution in [0.1, 0.15) is 0 Å². The molecule has 7 heteroatoms. The molecule has 0 unspecified atom stereocenters. The number of rotatable bonds is 4. The molecular formula is C40H22N4O2S. The van der Waals surface area contributed by atoms with Crippen molar-refractivity contribution in [2.24, 2.45) is 0 Å². The van der Waals surface area contributed by atoms with E-state index in [2.05, 4.69) is 54.6 Å². The monoisotopic (exact) mass is 622 g/mol. The molecular weight excluding hydrogens is 601 g/mol. The molecule has 0 fully saturated rings. The molecule has 0 N–H and O–H groups in total. The van der Waals surface area contributed by atoms with Crippen LogP contribution >= 0.6 is 11.3 Å². The van der Waals surface area contributed by atoms with E-state index in [1.165, 1.54) is 14.8 Å². The Kier molecular flexibility index (Phi) is 5.64. The third-order valence-corrected chi connectivity index (χ3v) is 9.74. The molecule has 4 aromatic heterocycles. The first kappa shape index (κ1) is 26.1. The summed E-state index contributed by atoms with van der Waals surface area (Å²) in [7, 11) is 0. The number of fused-ring (bicyclic) bond motifs is 7. The predicted molar refractivity (Wildman–Crippen MR) is 189 cm³/mol. The van der Waals surface area contributed by atoms with Crippen molar-refractivity contribution in [2.45, 2.75) is 0 Å². The van der Waals surface area contributed by atoms with E-state index >= 15 is 0 Å². The highest BCUT2D eigenvalue weighted by Crippen LogP contribution is 2.42. The van der Waals surface area contributed by atoms with E-state index in [9.17, 15) is 0 Å². The van der Waals surface area contributed by atoms with E-state index < -0.39 is 0 Å². The Balaban J connectivity index is 1.23. The zero-order valence-corrected chi connectivity index (χ0v) is 25.5. The van der Waals surface area contributed by atoms with Crippen molar-refractivity contribution in [3.63, 3.8) is 0 Å². The third-order valence-electron chi connectivity index (χ3n) is 8.60. The first-order chi connectivity index (χ1) is 23.3. The molecule has 0 bridgehead atoms. The van der Waals surface area contributed by atoms with Crippen molar-refractivity contribution in [3.05, 3.63) is 133 Å². The fraction of sp³-hybridized carbons (Fsp3) is 0. The summed E-state index contributed by atoms with van der Waals surface area (Å²) in [6, 6.07) is 44.8. The summed E-state index contributed by atoms with van der Waals surface area (Å²) in [5, 5.41) is 4.27. The third kappa shape index (κ3) is 4.10. The zero-order valence-electron chi connectivity index (χ0n) is 24.7. The molecule has 6 aromatic carbocycles. The van der Waals surface area contributed by atoms with Gasteiger partial charge in [0.2, 0.25) is 5.89 Å². The number of para-hydroxylation sites is 4. The molecule has 47 heavy (non-hydrogen) atoms.